The predicted octanol–water partition coefficient (Wildman–Crippen LogP) is 13.5. The number of hydrogen-bond acceptors (Lipinski definition) is 1. The third kappa shape index (κ3) is 4.57. The Morgan fingerprint density at radius 2 is 0.920 bits per heavy atom. The van der Waals surface area contributed by atoms with Gasteiger partial charge in [-0.15, -0.1) is 0 Å². The zero-order chi connectivity index (χ0) is 34.3. The molecule has 0 aliphatic rings. The highest BCUT2D eigenvalue weighted by Crippen LogP contribution is 2.50. The third-order valence-electron chi connectivity index (χ3n) is 9.56. The second kappa shape index (κ2) is 11.0. The molecule has 0 bridgehead atoms. The second-order valence-electron chi connectivity index (χ2n) is 12.4. The summed E-state index contributed by atoms with van der Waals surface area (Å²) in [4.78, 5) is 1.94. The van der Waals surface area contributed by atoms with E-state index in [1.807, 2.05) is 59.5 Å². The summed E-state index contributed by atoms with van der Waals surface area (Å²) in [6.07, 6.45) is -4.53. The predicted molar refractivity (Wildman–Crippen MR) is 190 cm³/mol. The van der Waals surface area contributed by atoms with Crippen molar-refractivity contribution in [3.63, 3.8) is 0 Å². The number of halogens is 6. The minimum absolute atomic E-state index is 0.157. The molecular weight excluding hydrogens is 644 g/mol. The first-order valence-electron chi connectivity index (χ1n) is 15.9. The zero-order valence-corrected chi connectivity index (χ0v) is 26.0. The van der Waals surface area contributed by atoms with Crippen LogP contribution in [0, 0.1) is 17.5 Å². The smallest absolute Gasteiger partial charge is 0.309 e. The van der Waals surface area contributed by atoms with Gasteiger partial charge in [0.25, 0.3) is 0 Å². The molecule has 0 N–H and O–H groups in total. The average molecular weight is 668 g/mol. The van der Waals surface area contributed by atoms with Crippen molar-refractivity contribution in [1.82, 2.24) is 0 Å². The Morgan fingerprint density at radius 3 is 1.44 bits per heavy atom. The lowest BCUT2D eigenvalue weighted by Gasteiger charge is -2.30. The summed E-state index contributed by atoms with van der Waals surface area (Å²) in [5.74, 6) is -4.17. The minimum atomic E-state index is -4.53. The van der Waals surface area contributed by atoms with Crippen LogP contribution >= 0.6 is 0 Å². The molecule has 9 aromatic carbocycles. The third-order valence-corrected chi connectivity index (χ3v) is 9.56. The van der Waals surface area contributed by atoms with Gasteiger partial charge in [-0.05, 0) is 103 Å². The number of alkyl halides is 3. The molecule has 50 heavy (non-hydrogen) atoms. The van der Waals surface area contributed by atoms with Gasteiger partial charge in [0.15, 0.2) is 17.5 Å². The van der Waals surface area contributed by atoms with Crippen LogP contribution in [0.5, 0.6) is 0 Å². The molecule has 9 aromatic rings. The van der Waals surface area contributed by atoms with Gasteiger partial charge >= 0.3 is 6.18 Å². The fourth-order valence-electron chi connectivity index (χ4n) is 7.43. The first kappa shape index (κ1) is 30.0. The van der Waals surface area contributed by atoms with Gasteiger partial charge in [0.05, 0.1) is 11.3 Å². The molecule has 0 aromatic heterocycles. The van der Waals surface area contributed by atoms with Gasteiger partial charge in [0.1, 0.15) is 0 Å². The summed E-state index contributed by atoms with van der Waals surface area (Å²) in [7, 11) is 0. The molecule has 0 unspecified atom stereocenters. The van der Waals surface area contributed by atoms with Crippen molar-refractivity contribution in [2.24, 2.45) is 0 Å². The molecule has 9 rings (SSSR count). The van der Waals surface area contributed by atoms with E-state index in [0.717, 1.165) is 56.6 Å². The maximum Gasteiger partial charge on any atom is 0.416 e. The van der Waals surface area contributed by atoms with Gasteiger partial charge in [0, 0.05) is 22.1 Å². The number of hydrogen-bond donors (Lipinski definition) is 0. The van der Waals surface area contributed by atoms with Crippen molar-refractivity contribution >= 4 is 70.9 Å². The topological polar surface area (TPSA) is 3.24 Å². The maximum absolute atomic E-state index is 14.7. The Hall–Kier alpha value is -6.08. The van der Waals surface area contributed by atoms with Crippen LogP contribution in [0.3, 0.4) is 0 Å². The molecule has 0 saturated carbocycles. The summed E-state index contributed by atoms with van der Waals surface area (Å²) in [6, 6.07) is 40.2. The quantitative estimate of drug-likeness (QED) is 0.0781. The van der Waals surface area contributed by atoms with Crippen LogP contribution in [0.15, 0.2) is 140 Å². The summed E-state index contributed by atoms with van der Waals surface area (Å²) in [5, 5.41) is 8.96. The first-order valence-corrected chi connectivity index (χ1v) is 15.9. The van der Waals surface area contributed by atoms with Crippen LogP contribution in [0.25, 0.3) is 65.0 Å². The molecular formula is C43H23F6N. The van der Waals surface area contributed by atoms with Gasteiger partial charge in [-0.1, -0.05) is 91.0 Å². The van der Waals surface area contributed by atoms with E-state index in [-0.39, 0.29) is 5.56 Å². The highest BCUT2D eigenvalue weighted by Gasteiger charge is 2.31. The molecule has 0 aliphatic heterocycles. The molecule has 0 fully saturated rings. The average Bonchev–Trinajstić information content (AvgIpc) is 3.12. The van der Waals surface area contributed by atoms with E-state index in [9.17, 15) is 26.3 Å². The van der Waals surface area contributed by atoms with Crippen molar-refractivity contribution in [3.05, 3.63) is 163 Å². The second-order valence-corrected chi connectivity index (χ2v) is 12.4. The van der Waals surface area contributed by atoms with Gasteiger partial charge in [0.2, 0.25) is 0 Å². The summed E-state index contributed by atoms with van der Waals surface area (Å²) >= 11 is 0. The normalized spacial score (nSPS) is 12.2. The van der Waals surface area contributed by atoms with Gasteiger partial charge in [-0.25, -0.2) is 13.2 Å². The van der Waals surface area contributed by atoms with E-state index < -0.39 is 29.2 Å². The van der Waals surface area contributed by atoms with Crippen molar-refractivity contribution in [1.29, 1.82) is 0 Å². The number of rotatable bonds is 4. The molecule has 242 valence electrons. The van der Waals surface area contributed by atoms with Crippen LogP contribution in [0.1, 0.15) is 5.56 Å². The van der Waals surface area contributed by atoms with E-state index in [4.69, 9.17) is 0 Å². The van der Waals surface area contributed by atoms with E-state index in [1.54, 1.807) is 12.1 Å². The van der Waals surface area contributed by atoms with Crippen molar-refractivity contribution in [2.45, 2.75) is 6.18 Å². The van der Waals surface area contributed by atoms with Crippen LogP contribution in [-0.2, 0) is 6.18 Å². The molecule has 1 nitrogen and oxygen atoms in total. The van der Waals surface area contributed by atoms with Crippen molar-refractivity contribution in [2.75, 3.05) is 4.90 Å². The maximum atomic E-state index is 14.7. The molecule has 0 spiro atoms. The Labute approximate surface area is 281 Å². The van der Waals surface area contributed by atoms with Crippen molar-refractivity contribution < 1.29 is 26.3 Å². The van der Waals surface area contributed by atoms with Gasteiger partial charge < -0.3 is 4.90 Å². The summed E-state index contributed by atoms with van der Waals surface area (Å²) < 4.78 is 84.8. The molecule has 0 heterocycles. The fraction of sp³-hybridized carbons (Fsp3) is 0.0233. The fourth-order valence-corrected chi connectivity index (χ4v) is 7.43. The van der Waals surface area contributed by atoms with Crippen LogP contribution < -0.4 is 4.90 Å². The highest BCUT2D eigenvalue weighted by atomic mass is 19.4. The first-order chi connectivity index (χ1) is 24.2. The van der Waals surface area contributed by atoms with Gasteiger partial charge in [-0.3, -0.25) is 0 Å². The largest absolute Gasteiger partial charge is 0.416 e. The van der Waals surface area contributed by atoms with Gasteiger partial charge in [-0.2, -0.15) is 13.2 Å². The molecule has 0 atom stereocenters. The molecule has 0 amide bonds. The molecule has 0 aliphatic carbocycles. The standard InChI is InChI=1S/C43H23F6N/c44-36-22-28(23-37(45)41(36)46)40-32-8-1-3-10-34(32)42(35-11-4-2-9-33(35)40)50(30-18-16-29(17-19-30)43(47,48)49)31-20-26-14-12-24-6-5-7-25-13-15-27(21-31)39(26)38(24)25/h1-23H. The SMILES string of the molecule is Fc1cc(-c2c3ccccc3c(N(c3ccc(C(F)(F)F)cc3)c3cc4ccc5cccc6ccc(c3)c4c56)c3ccccc23)cc(F)c1F. The highest BCUT2D eigenvalue weighted by molar-refractivity contribution is 6.25. The van der Waals surface area contributed by atoms with E-state index in [0.29, 0.717) is 44.2 Å². The van der Waals surface area contributed by atoms with Crippen molar-refractivity contribution in [3.8, 4) is 11.1 Å². The summed E-state index contributed by atoms with van der Waals surface area (Å²) in [6.45, 7) is 0. The zero-order valence-electron chi connectivity index (χ0n) is 26.0. The lowest BCUT2D eigenvalue weighted by atomic mass is 9.89. The monoisotopic (exact) mass is 667 g/mol. The summed E-state index contributed by atoms with van der Waals surface area (Å²) in [5.41, 5.74) is 1.73. The minimum Gasteiger partial charge on any atom is -0.309 e. The number of nitrogens with zero attached hydrogens (tertiary/aromatic N) is 1. The lowest BCUT2D eigenvalue weighted by molar-refractivity contribution is -0.137. The Balaban J connectivity index is 1.40. The van der Waals surface area contributed by atoms with E-state index >= 15 is 0 Å². The molecule has 7 heteroatoms. The van der Waals surface area contributed by atoms with Crippen LogP contribution in [0.4, 0.5) is 43.4 Å². The van der Waals surface area contributed by atoms with Crippen LogP contribution in [-0.4, -0.2) is 0 Å². The molecule has 0 radical (unpaired) electrons. The number of anilines is 3. The Kier molecular flexibility index (Phi) is 6.58. The lowest BCUT2D eigenvalue weighted by Crippen LogP contribution is -2.13. The van der Waals surface area contributed by atoms with E-state index in [1.165, 1.54) is 12.1 Å². The Morgan fingerprint density at radius 1 is 0.440 bits per heavy atom. The Bertz CT molecular complexity index is 2640. The molecule has 0 saturated heterocycles. The van der Waals surface area contributed by atoms with E-state index in [2.05, 4.69) is 36.4 Å². The van der Waals surface area contributed by atoms with Crippen LogP contribution in [0.2, 0.25) is 0 Å². The number of benzene rings is 9. The number of fused-ring (bicyclic) bond motifs is 2.